The van der Waals surface area contributed by atoms with Crippen molar-refractivity contribution in [2.75, 3.05) is 11.8 Å². The number of nitriles is 1. The van der Waals surface area contributed by atoms with Crippen LogP contribution in [-0.2, 0) is 10.0 Å². The van der Waals surface area contributed by atoms with E-state index in [-0.39, 0.29) is 16.5 Å². The van der Waals surface area contributed by atoms with Gasteiger partial charge in [-0.2, -0.15) is 5.26 Å². The number of nitrogens with one attached hydrogen (secondary N) is 1. The van der Waals surface area contributed by atoms with Crippen molar-refractivity contribution in [2.45, 2.75) is 4.90 Å². The topological polar surface area (TPSA) is 105 Å². The van der Waals surface area contributed by atoms with E-state index in [1.165, 1.54) is 19.2 Å². The van der Waals surface area contributed by atoms with Crippen molar-refractivity contribution in [2.24, 2.45) is 0 Å². The molecule has 1 N–H and O–H groups in total. The van der Waals surface area contributed by atoms with E-state index in [2.05, 4.69) is 20.8 Å². The Morgan fingerprint density at radius 1 is 1.00 bits per heavy atom. The summed E-state index contributed by atoms with van der Waals surface area (Å²) >= 11 is 0. The maximum absolute atomic E-state index is 12.7. The molecule has 0 fully saturated rings. The number of ether oxygens (including phenoxy) is 1. The fraction of sp³-hybridized carbons (Fsp3) is 0.0455. The zero-order valence-electron chi connectivity index (χ0n) is 15.9. The first-order valence-electron chi connectivity index (χ1n) is 8.93. The average molecular weight is 416 g/mol. The van der Waals surface area contributed by atoms with Crippen LogP contribution in [0.5, 0.6) is 5.88 Å². The summed E-state index contributed by atoms with van der Waals surface area (Å²) < 4.78 is 33.3. The zero-order chi connectivity index (χ0) is 21.1. The quantitative estimate of drug-likeness (QED) is 0.528. The summed E-state index contributed by atoms with van der Waals surface area (Å²) in [5.41, 5.74) is 2.85. The molecule has 4 rings (SSSR count). The van der Waals surface area contributed by atoms with E-state index in [9.17, 15) is 13.7 Å². The number of anilines is 1. The lowest BCUT2D eigenvalue weighted by Gasteiger charge is -2.13. The molecule has 2 aromatic carbocycles. The van der Waals surface area contributed by atoms with Crippen molar-refractivity contribution in [3.8, 4) is 23.1 Å². The van der Waals surface area contributed by atoms with Crippen molar-refractivity contribution in [1.29, 1.82) is 5.26 Å². The SMILES string of the molecule is COc1ncc(-c2ccc3nccc(C#N)c3c2)cc1NS(=O)(=O)c1ccccc1. The van der Waals surface area contributed by atoms with Crippen LogP contribution in [0.4, 0.5) is 5.69 Å². The van der Waals surface area contributed by atoms with Crippen molar-refractivity contribution in [3.05, 3.63) is 78.6 Å². The van der Waals surface area contributed by atoms with E-state index in [4.69, 9.17) is 4.74 Å². The van der Waals surface area contributed by atoms with Gasteiger partial charge in [-0.3, -0.25) is 9.71 Å². The van der Waals surface area contributed by atoms with E-state index < -0.39 is 10.0 Å². The molecule has 0 saturated carbocycles. The molecule has 7 nitrogen and oxygen atoms in total. The van der Waals surface area contributed by atoms with Crippen LogP contribution in [0.25, 0.3) is 22.0 Å². The van der Waals surface area contributed by atoms with Gasteiger partial charge in [-0.05, 0) is 42.0 Å². The fourth-order valence-electron chi connectivity index (χ4n) is 3.07. The van der Waals surface area contributed by atoms with Crippen LogP contribution in [0.1, 0.15) is 5.56 Å². The summed E-state index contributed by atoms with van der Waals surface area (Å²) in [5.74, 6) is 0.151. The summed E-state index contributed by atoms with van der Waals surface area (Å²) in [5, 5.41) is 10.1. The minimum atomic E-state index is -3.81. The fourth-order valence-corrected chi connectivity index (χ4v) is 4.14. The summed E-state index contributed by atoms with van der Waals surface area (Å²) in [4.78, 5) is 8.65. The average Bonchev–Trinajstić information content (AvgIpc) is 2.78. The molecule has 0 aliphatic heterocycles. The third-order valence-electron chi connectivity index (χ3n) is 4.54. The molecule has 0 spiro atoms. The maximum Gasteiger partial charge on any atom is 0.262 e. The lowest BCUT2D eigenvalue weighted by molar-refractivity contribution is 0.400. The van der Waals surface area contributed by atoms with E-state index in [1.54, 1.807) is 42.7 Å². The summed E-state index contributed by atoms with van der Waals surface area (Å²) in [7, 11) is -2.39. The first-order valence-corrected chi connectivity index (χ1v) is 10.4. The number of sulfonamides is 1. The van der Waals surface area contributed by atoms with Gasteiger partial charge in [0.1, 0.15) is 5.69 Å². The van der Waals surface area contributed by atoms with Crippen LogP contribution in [0.2, 0.25) is 0 Å². The molecule has 0 bridgehead atoms. The van der Waals surface area contributed by atoms with E-state index in [0.717, 1.165) is 5.56 Å². The van der Waals surface area contributed by atoms with Crippen molar-refractivity contribution < 1.29 is 13.2 Å². The van der Waals surface area contributed by atoms with Gasteiger partial charge in [-0.1, -0.05) is 24.3 Å². The molecule has 30 heavy (non-hydrogen) atoms. The summed E-state index contributed by atoms with van der Waals surface area (Å²) in [6, 6.07) is 19.0. The van der Waals surface area contributed by atoms with Gasteiger partial charge >= 0.3 is 0 Å². The highest BCUT2D eigenvalue weighted by atomic mass is 32.2. The smallest absolute Gasteiger partial charge is 0.262 e. The van der Waals surface area contributed by atoms with Crippen molar-refractivity contribution in [3.63, 3.8) is 0 Å². The largest absolute Gasteiger partial charge is 0.480 e. The van der Waals surface area contributed by atoms with Crippen LogP contribution < -0.4 is 9.46 Å². The van der Waals surface area contributed by atoms with Gasteiger partial charge < -0.3 is 4.74 Å². The minimum absolute atomic E-state index is 0.132. The van der Waals surface area contributed by atoms with Gasteiger partial charge in [0.2, 0.25) is 5.88 Å². The molecule has 2 heterocycles. The molecule has 2 aromatic heterocycles. The molecule has 0 radical (unpaired) electrons. The van der Waals surface area contributed by atoms with Crippen molar-refractivity contribution in [1.82, 2.24) is 9.97 Å². The number of hydrogen-bond acceptors (Lipinski definition) is 6. The molecular formula is C22H16N4O3S. The minimum Gasteiger partial charge on any atom is -0.480 e. The Morgan fingerprint density at radius 3 is 2.53 bits per heavy atom. The number of fused-ring (bicyclic) bond motifs is 1. The number of nitrogens with zero attached hydrogens (tertiary/aromatic N) is 3. The van der Waals surface area contributed by atoms with Gasteiger partial charge in [-0.15, -0.1) is 0 Å². The first-order chi connectivity index (χ1) is 14.5. The molecule has 0 atom stereocenters. The third kappa shape index (κ3) is 3.66. The lowest BCUT2D eigenvalue weighted by Crippen LogP contribution is -2.14. The van der Waals surface area contributed by atoms with E-state index in [1.807, 2.05) is 18.2 Å². The summed E-state index contributed by atoms with van der Waals surface area (Å²) in [6.45, 7) is 0. The van der Waals surface area contributed by atoms with Crippen molar-refractivity contribution >= 4 is 26.6 Å². The zero-order valence-corrected chi connectivity index (χ0v) is 16.7. The molecule has 4 aromatic rings. The monoisotopic (exact) mass is 416 g/mol. The van der Waals surface area contributed by atoms with Crippen LogP contribution >= 0.6 is 0 Å². The Kier molecular flexibility index (Phi) is 5.04. The molecule has 0 unspecified atom stereocenters. The molecule has 8 heteroatoms. The normalized spacial score (nSPS) is 11.1. The van der Waals surface area contributed by atoms with E-state index in [0.29, 0.717) is 22.0 Å². The number of aromatic nitrogens is 2. The number of hydrogen-bond donors (Lipinski definition) is 1. The third-order valence-corrected chi connectivity index (χ3v) is 5.92. The Balaban J connectivity index is 1.79. The molecule has 148 valence electrons. The van der Waals surface area contributed by atoms with Crippen LogP contribution in [0, 0.1) is 11.3 Å². The van der Waals surface area contributed by atoms with Gasteiger partial charge in [0.25, 0.3) is 10.0 Å². The summed E-state index contributed by atoms with van der Waals surface area (Å²) in [6.07, 6.45) is 3.18. The Bertz CT molecular complexity index is 1380. The standard InChI is InChI=1S/C22H16N4O3S/c1-29-22-21(26-30(27,28)18-5-3-2-4-6-18)12-17(14-25-22)15-7-8-20-19(11-15)16(13-23)9-10-24-20/h2-12,14,26H,1H3. The molecule has 0 amide bonds. The van der Waals surface area contributed by atoms with Gasteiger partial charge in [0.05, 0.1) is 29.2 Å². The van der Waals surface area contributed by atoms with Gasteiger partial charge in [0, 0.05) is 23.3 Å². The second-order valence-electron chi connectivity index (χ2n) is 6.40. The number of pyridine rings is 2. The Morgan fingerprint density at radius 2 is 1.80 bits per heavy atom. The van der Waals surface area contributed by atoms with Crippen LogP contribution in [-0.4, -0.2) is 25.5 Å². The maximum atomic E-state index is 12.7. The van der Waals surface area contributed by atoms with Gasteiger partial charge in [-0.25, -0.2) is 13.4 Å². The highest BCUT2D eigenvalue weighted by molar-refractivity contribution is 7.92. The predicted molar refractivity (Wildman–Crippen MR) is 113 cm³/mol. The molecule has 0 saturated heterocycles. The van der Waals surface area contributed by atoms with Crippen LogP contribution in [0.3, 0.4) is 0 Å². The van der Waals surface area contributed by atoms with Gasteiger partial charge in [0.15, 0.2) is 0 Å². The Labute approximate surface area is 173 Å². The lowest BCUT2D eigenvalue weighted by atomic mass is 10.0. The Hall–Kier alpha value is -3.96. The molecular weight excluding hydrogens is 400 g/mol. The second-order valence-corrected chi connectivity index (χ2v) is 8.08. The predicted octanol–water partition coefficient (Wildman–Crippen LogP) is 3.98. The first kappa shape index (κ1) is 19.4. The number of benzene rings is 2. The second kappa shape index (κ2) is 7.81. The van der Waals surface area contributed by atoms with Crippen LogP contribution in [0.15, 0.2) is 78.0 Å². The number of methoxy groups -OCH3 is 1. The highest BCUT2D eigenvalue weighted by Crippen LogP contribution is 2.31. The van der Waals surface area contributed by atoms with E-state index >= 15 is 0 Å². The highest BCUT2D eigenvalue weighted by Gasteiger charge is 2.18. The number of rotatable bonds is 5. The molecule has 0 aliphatic carbocycles. The molecule has 0 aliphatic rings.